The third-order valence-corrected chi connectivity index (χ3v) is 23.2. The van der Waals surface area contributed by atoms with Crippen LogP contribution in [0.1, 0.15) is 140 Å². The molecular formula is C65H125F3KNO22SSi2. The van der Waals surface area contributed by atoms with Crippen LogP contribution in [0, 0.1) is 34.0 Å². The monoisotopic (exact) mass is 1460 g/mol. The zero-order valence-electron chi connectivity index (χ0n) is 61.5. The molecule has 4 atom stereocenters. The van der Waals surface area contributed by atoms with Crippen molar-refractivity contribution in [2.24, 2.45) is 34.0 Å². The molecule has 0 aromatic carbocycles. The van der Waals surface area contributed by atoms with Crippen molar-refractivity contribution >= 4 is 50.5 Å². The molecule has 0 radical (unpaired) electrons. The largest absolute Gasteiger partial charge is 1.00 e. The van der Waals surface area contributed by atoms with Crippen LogP contribution in [-0.4, -0.2) is 232 Å². The van der Waals surface area contributed by atoms with Gasteiger partial charge in [0.05, 0.1) is 174 Å². The number of sulfonamides is 1. The Kier molecular flexibility index (Phi) is 52.8. The van der Waals surface area contributed by atoms with Gasteiger partial charge in [-0.25, -0.2) is 8.42 Å². The molecule has 1 amide bonds. The van der Waals surface area contributed by atoms with E-state index in [0.29, 0.717) is 171 Å². The number of halogens is 3. The molecule has 4 bridgehead atoms. The zero-order chi connectivity index (χ0) is 71.4. The average Bonchev–Trinajstić information content (AvgIpc) is 0.716. The number of nitrogens with zero attached hydrogens (tertiary/aromatic N) is 1. The van der Waals surface area contributed by atoms with Crippen LogP contribution in [0.25, 0.3) is 4.72 Å². The van der Waals surface area contributed by atoms with Gasteiger partial charge in [-0.3, -0.25) is 14.4 Å². The van der Waals surface area contributed by atoms with Crippen LogP contribution in [-0.2, 0) is 104 Å². The fraction of sp³-hybridized carbons (Fsp3) is 0.938. The van der Waals surface area contributed by atoms with Gasteiger partial charge in [0, 0.05) is 19.6 Å². The Morgan fingerprint density at radius 2 is 0.916 bits per heavy atom. The first-order chi connectivity index (χ1) is 44.1. The van der Waals surface area contributed by atoms with Gasteiger partial charge in [0.25, 0.3) is 0 Å². The van der Waals surface area contributed by atoms with Crippen LogP contribution in [0.2, 0.25) is 38.8 Å². The number of alkyl halides is 3. The standard InChI is InChI=1S/C24H48O11.C18H26F3NO5S.C14H32O3Si2.C9H20O3.K/c1-4-23(2)24(25)35-22-21-34-20-19-33-18-17-32-16-15-31-14-13-30-12-11-29-10-9-28-8-7-27-6-5-26-3;1-4-15(2,3)14(24)27-17-8-11-5-12(9-17)7-16(6-11,10-17)13(23)22-28(25,26)18(19,20)21;1-9-14(2,3)13(15)16-11-10-12-19(7,8)17-18(4,5)6;1-4-9(2)12-8-7-11-6-5-10-3;/h23H,4-22H2,1-3H3;11-12H,4-10H2,1-3H3,(H,22,23);9-12H2,1-8H3;9H,4-8H2,1-3H3;/q;;;;+1/p-1. The maximum Gasteiger partial charge on any atom is 1.00 e. The summed E-state index contributed by atoms with van der Waals surface area (Å²) in [4.78, 5) is 48.6. The molecule has 558 valence electrons. The van der Waals surface area contributed by atoms with Gasteiger partial charge in [0.2, 0.25) is 0 Å². The molecule has 4 saturated carbocycles. The predicted molar refractivity (Wildman–Crippen MR) is 357 cm³/mol. The van der Waals surface area contributed by atoms with Crippen molar-refractivity contribution in [3.8, 4) is 0 Å². The van der Waals surface area contributed by atoms with E-state index in [9.17, 15) is 40.8 Å². The Hall–Kier alpha value is -0.830. The molecule has 4 fully saturated rings. The number of carbonyl (C=O) groups excluding carboxylic acids is 4. The van der Waals surface area contributed by atoms with Gasteiger partial charge in [-0.1, -0.05) is 34.6 Å². The number of esters is 3. The number of hydrogen-bond acceptors (Lipinski definition) is 22. The first kappa shape index (κ1) is 96.2. The van der Waals surface area contributed by atoms with Gasteiger partial charge in [-0.05, 0) is 156 Å². The van der Waals surface area contributed by atoms with Crippen molar-refractivity contribution in [2.45, 2.75) is 196 Å². The van der Waals surface area contributed by atoms with E-state index in [0.717, 1.165) is 38.1 Å². The van der Waals surface area contributed by atoms with Crippen LogP contribution >= 0.6 is 0 Å². The van der Waals surface area contributed by atoms with E-state index in [2.05, 4.69) is 51.3 Å². The van der Waals surface area contributed by atoms with Gasteiger partial charge in [0.15, 0.2) is 26.7 Å². The molecule has 4 aliphatic carbocycles. The fourth-order valence-corrected chi connectivity index (χ4v) is 18.7. The van der Waals surface area contributed by atoms with Crippen LogP contribution in [0.4, 0.5) is 13.2 Å². The number of amides is 1. The number of hydrogen-bond donors (Lipinski definition) is 0. The number of rotatable bonds is 50. The van der Waals surface area contributed by atoms with Gasteiger partial charge in [0.1, 0.15) is 12.2 Å². The maximum absolute atomic E-state index is 12.7. The van der Waals surface area contributed by atoms with E-state index in [4.69, 9.17) is 75.2 Å². The second-order valence-corrected chi connectivity index (χ2v) is 37.5. The third-order valence-electron chi connectivity index (χ3n) is 16.0. The normalized spacial score (nSPS) is 19.2. The summed E-state index contributed by atoms with van der Waals surface area (Å²) in [5.74, 6) is -1.98. The zero-order valence-corrected chi connectivity index (χ0v) is 67.5. The molecule has 0 aliphatic heterocycles. The summed E-state index contributed by atoms with van der Waals surface area (Å²) in [7, 11) is -5.64. The van der Waals surface area contributed by atoms with Crippen LogP contribution in [0.5, 0.6) is 0 Å². The van der Waals surface area contributed by atoms with E-state index in [1.807, 2.05) is 41.5 Å². The van der Waals surface area contributed by atoms with Crippen LogP contribution < -0.4 is 51.4 Å². The minimum atomic E-state index is -5.89. The smallest absolute Gasteiger partial charge is 0.538 e. The molecule has 23 nitrogen and oxygen atoms in total. The molecule has 30 heteroatoms. The number of ether oxygens (including phenoxy) is 15. The summed E-state index contributed by atoms with van der Waals surface area (Å²) in [5.41, 5.74) is -8.92. The summed E-state index contributed by atoms with van der Waals surface area (Å²) in [6.45, 7) is 42.5. The van der Waals surface area contributed by atoms with E-state index in [1.165, 1.54) is 0 Å². The molecule has 95 heavy (non-hydrogen) atoms. The Labute approximate surface area is 613 Å². The topological polar surface area (TPSA) is 264 Å². The van der Waals surface area contributed by atoms with Crippen molar-refractivity contribution in [2.75, 3.05) is 166 Å². The second kappa shape index (κ2) is 52.2. The molecule has 0 N–H and O–H groups in total. The third kappa shape index (κ3) is 45.0. The molecule has 4 aliphatic rings. The van der Waals surface area contributed by atoms with Crippen molar-refractivity contribution in [3.05, 3.63) is 4.72 Å². The molecule has 0 heterocycles. The molecule has 0 saturated heterocycles. The van der Waals surface area contributed by atoms with Crippen LogP contribution in [0.15, 0.2) is 0 Å². The number of carbonyl (C=O) groups is 4. The predicted octanol–water partition coefficient (Wildman–Crippen LogP) is 8.29. The van der Waals surface area contributed by atoms with Gasteiger partial charge >= 0.3 is 74.8 Å². The summed E-state index contributed by atoms with van der Waals surface area (Å²) in [6, 6.07) is 1.05. The fourth-order valence-electron chi connectivity index (χ4n) is 10.1. The molecule has 0 aromatic heterocycles. The van der Waals surface area contributed by atoms with Gasteiger partial charge < -0.3 is 84.7 Å². The van der Waals surface area contributed by atoms with Crippen molar-refractivity contribution in [1.29, 1.82) is 0 Å². The minimum absolute atomic E-state index is 0. The molecule has 0 spiro atoms. The Morgan fingerprint density at radius 1 is 0.537 bits per heavy atom. The first-order valence-electron chi connectivity index (χ1n) is 33.7. The second-order valence-electron chi connectivity index (χ2n) is 26.9. The number of methoxy groups -OCH3 is 2. The minimum Gasteiger partial charge on any atom is -0.538 e. The van der Waals surface area contributed by atoms with Crippen LogP contribution in [0.3, 0.4) is 0 Å². The van der Waals surface area contributed by atoms with Gasteiger partial charge in [-0.15, -0.1) is 0 Å². The molecular weight excluding hydrogens is 1330 g/mol. The molecule has 4 unspecified atom stereocenters. The quantitative estimate of drug-likeness (QED) is 0.0240. The summed E-state index contributed by atoms with van der Waals surface area (Å²) in [6.07, 6.45) is 6.97. The van der Waals surface area contributed by atoms with Gasteiger partial charge in [-0.2, -0.15) is 13.2 Å². The average molecular weight is 1460 g/mol. The summed E-state index contributed by atoms with van der Waals surface area (Å²) in [5, 5.41) is 0. The van der Waals surface area contributed by atoms with E-state index >= 15 is 0 Å². The Morgan fingerprint density at radius 3 is 1.27 bits per heavy atom. The SMILES string of the molecule is CCC(C)(C)C(=O)OC12CC3CC(C1)CC(C(=O)[N-]S(=O)(=O)C(F)(F)F)(C3)C2.CCC(C)(C)C(=O)OCCC[Si](C)(C)O[Si](C)(C)C.CCC(C)C(=O)OCCOCCOCCOCCOCCOCCOCCOCCOCCOC.CCC(C)OCCOCCOC.[K+]. The maximum atomic E-state index is 12.7. The Balaban J connectivity index is 0. The molecule has 4 rings (SSSR count). The van der Waals surface area contributed by atoms with Crippen molar-refractivity contribution in [1.82, 2.24) is 0 Å². The molecule has 0 aromatic rings. The first-order valence-corrected chi connectivity index (χ1v) is 41.7. The summed E-state index contributed by atoms with van der Waals surface area (Å²) >= 11 is 0. The Bertz CT molecular complexity index is 2120. The van der Waals surface area contributed by atoms with Crippen molar-refractivity contribution < 1.29 is 167 Å². The summed E-state index contributed by atoms with van der Waals surface area (Å²) < 4.78 is 149. The van der Waals surface area contributed by atoms with E-state index in [1.54, 1.807) is 28.1 Å². The van der Waals surface area contributed by atoms with E-state index in [-0.39, 0.29) is 112 Å². The van der Waals surface area contributed by atoms with Crippen molar-refractivity contribution in [3.63, 3.8) is 0 Å². The van der Waals surface area contributed by atoms with E-state index < -0.39 is 60.5 Å².